The molecule has 0 spiro atoms. The number of furan rings is 1. The molecule has 1 saturated carbocycles. The molecule has 3 aromatic rings. The van der Waals surface area contributed by atoms with Crippen LogP contribution in [0.3, 0.4) is 0 Å². The number of nitrogens with one attached hydrogen (secondary N) is 1. The van der Waals surface area contributed by atoms with Gasteiger partial charge in [-0.1, -0.05) is 0 Å². The molecule has 0 aliphatic heterocycles. The van der Waals surface area contributed by atoms with Crippen LogP contribution in [0.1, 0.15) is 36.2 Å². The summed E-state index contributed by atoms with van der Waals surface area (Å²) < 4.78 is 22.0. The first-order valence-electron chi connectivity index (χ1n) is 9.56. The lowest BCUT2D eigenvalue weighted by Crippen LogP contribution is -2.39. The lowest BCUT2D eigenvalue weighted by molar-refractivity contribution is 0.0862. The predicted octanol–water partition coefficient (Wildman–Crippen LogP) is 3.36. The molecule has 0 radical (unpaired) electrons. The van der Waals surface area contributed by atoms with Crippen molar-refractivity contribution in [2.75, 3.05) is 14.2 Å². The van der Waals surface area contributed by atoms with Crippen molar-refractivity contribution in [1.29, 1.82) is 0 Å². The second kappa shape index (κ2) is 8.38. The number of methoxy groups -OCH3 is 2. The fourth-order valence-corrected chi connectivity index (χ4v) is 3.53. The van der Waals surface area contributed by atoms with Crippen molar-refractivity contribution in [3.63, 3.8) is 0 Å². The number of aromatic nitrogens is 2. The van der Waals surface area contributed by atoms with Crippen LogP contribution in [0, 0.1) is 0 Å². The Morgan fingerprint density at radius 3 is 2.52 bits per heavy atom. The molecule has 0 bridgehead atoms. The highest BCUT2D eigenvalue weighted by Crippen LogP contribution is 2.28. The van der Waals surface area contributed by atoms with E-state index in [1.807, 2.05) is 6.07 Å². The van der Waals surface area contributed by atoms with Gasteiger partial charge in [0.05, 0.1) is 14.2 Å². The summed E-state index contributed by atoms with van der Waals surface area (Å²) in [5.74, 6) is 1.60. The maximum Gasteiger partial charge on any atom is 0.287 e. The zero-order valence-corrected chi connectivity index (χ0v) is 16.4. The normalized spacial score (nSPS) is 19.0. The molecule has 29 heavy (non-hydrogen) atoms. The first kappa shape index (κ1) is 19.0. The minimum absolute atomic E-state index is 0.0208. The molecule has 1 fully saturated rings. The molecule has 8 heteroatoms. The molecule has 1 amide bonds. The van der Waals surface area contributed by atoms with E-state index in [-0.39, 0.29) is 18.1 Å². The van der Waals surface area contributed by atoms with Gasteiger partial charge >= 0.3 is 0 Å². The van der Waals surface area contributed by atoms with E-state index in [2.05, 4.69) is 15.3 Å². The Morgan fingerprint density at radius 1 is 1.03 bits per heavy atom. The van der Waals surface area contributed by atoms with E-state index in [1.165, 1.54) is 7.11 Å². The van der Waals surface area contributed by atoms with Crippen LogP contribution in [-0.4, -0.2) is 42.2 Å². The van der Waals surface area contributed by atoms with Gasteiger partial charge in [0, 0.05) is 23.8 Å². The van der Waals surface area contributed by atoms with Gasteiger partial charge in [0.15, 0.2) is 5.76 Å². The van der Waals surface area contributed by atoms with Crippen LogP contribution in [0.25, 0.3) is 11.0 Å². The molecule has 4 rings (SSSR count). The van der Waals surface area contributed by atoms with Gasteiger partial charge in [-0.2, -0.15) is 0 Å². The fourth-order valence-electron chi connectivity index (χ4n) is 3.53. The van der Waals surface area contributed by atoms with Crippen molar-refractivity contribution in [3.8, 4) is 17.5 Å². The molecule has 1 aromatic carbocycles. The fraction of sp³-hybridized carbons (Fsp3) is 0.381. The Labute approximate surface area is 168 Å². The summed E-state index contributed by atoms with van der Waals surface area (Å²) in [7, 11) is 3.15. The van der Waals surface area contributed by atoms with Crippen LogP contribution >= 0.6 is 0 Å². The second-order valence-corrected chi connectivity index (χ2v) is 6.95. The minimum Gasteiger partial charge on any atom is -0.497 e. The molecule has 1 aliphatic rings. The van der Waals surface area contributed by atoms with Gasteiger partial charge in [-0.05, 0) is 49.9 Å². The Kier molecular flexibility index (Phi) is 5.50. The molecular formula is C21H23N3O5. The average molecular weight is 397 g/mol. The number of hydrogen-bond donors (Lipinski definition) is 1. The zero-order chi connectivity index (χ0) is 20.2. The van der Waals surface area contributed by atoms with E-state index in [9.17, 15) is 4.79 Å². The first-order chi connectivity index (χ1) is 14.2. The van der Waals surface area contributed by atoms with Crippen molar-refractivity contribution in [2.45, 2.75) is 37.8 Å². The van der Waals surface area contributed by atoms with Gasteiger partial charge in [-0.15, -0.1) is 0 Å². The monoisotopic (exact) mass is 397 g/mol. The number of ether oxygens (including phenoxy) is 3. The molecular weight excluding hydrogens is 374 g/mol. The van der Waals surface area contributed by atoms with Gasteiger partial charge in [0.2, 0.25) is 0 Å². The number of hydrogen-bond acceptors (Lipinski definition) is 7. The predicted molar refractivity (Wildman–Crippen MR) is 105 cm³/mol. The molecule has 2 heterocycles. The summed E-state index contributed by atoms with van der Waals surface area (Å²) >= 11 is 0. The Hall–Kier alpha value is -3.29. The zero-order valence-electron chi connectivity index (χ0n) is 16.4. The van der Waals surface area contributed by atoms with E-state index >= 15 is 0 Å². The van der Waals surface area contributed by atoms with Crippen molar-refractivity contribution in [2.24, 2.45) is 0 Å². The number of benzene rings is 1. The largest absolute Gasteiger partial charge is 0.497 e. The van der Waals surface area contributed by atoms with Gasteiger partial charge in [0.25, 0.3) is 17.7 Å². The summed E-state index contributed by atoms with van der Waals surface area (Å²) in [5, 5.41) is 3.90. The lowest BCUT2D eigenvalue weighted by Gasteiger charge is -2.29. The SMILES string of the molecule is COc1ccc2oc(C(=O)NC3CCC(Oc4nccnc4OC)CC3)cc2c1. The molecule has 8 nitrogen and oxygen atoms in total. The Morgan fingerprint density at radius 2 is 1.79 bits per heavy atom. The van der Waals surface area contributed by atoms with E-state index in [1.54, 1.807) is 37.7 Å². The first-order valence-corrected chi connectivity index (χ1v) is 9.56. The number of fused-ring (bicyclic) bond motifs is 1. The van der Waals surface area contributed by atoms with E-state index < -0.39 is 0 Å². The van der Waals surface area contributed by atoms with Crippen molar-refractivity contribution < 1.29 is 23.4 Å². The topological polar surface area (TPSA) is 95.7 Å². The van der Waals surface area contributed by atoms with Crippen LogP contribution in [0.15, 0.2) is 41.1 Å². The highest BCUT2D eigenvalue weighted by molar-refractivity contribution is 5.96. The molecule has 1 N–H and O–H groups in total. The van der Waals surface area contributed by atoms with Crippen molar-refractivity contribution in [1.82, 2.24) is 15.3 Å². The molecule has 2 aromatic heterocycles. The lowest BCUT2D eigenvalue weighted by atomic mass is 9.93. The van der Waals surface area contributed by atoms with Crippen LogP contribution in [0.5, 0.6) is 17.5 Å². The molecule has 1 aliphatic carbocycles. The minimum atomic E-state index is -0.208. The Bertz CT molecular complexity index is 995. The maximum atomic E-state index is 12.6. The highest BCUT2D eigenvalue weighted by Gasteiger charge is 2.26. The maximum absolute atomic E-state index is 12.6. The number of rotatable bonds is 6. The van der Waals surface area contributed by atoms with Crippen LogP contribution in [0.4, 0.5) is 0 Å². The van der Waals surface area contributed by atoms with Gasteiger partial charge in [-0.3, -0.25) is 4.79 Å². The number of nitrogens with zero attached hydrogens (tertiary/aromatic N) is 2. The average Bonchev–Trinajstić information content (AvgIpc) is 3.19. The molecule has 0 saturated heterocycles. The van der Waals surface area contributed by atoms with Crippen LogP contribution in [0.2, 0.25) is 0 Å². The summed E-state index contributed by atoms with van der Waals surface area (Å²) in [6.07, 6.45) is 6.40. The van der Waals surface area contributed by atoms with Gasteiger partial charge in [-0.25, -0.2) is 9.97 Å². The smallest absolute Gasteiger partial charge is 0.287 e. The van der Waals surface area contributed by atoms with Gasteiger partial charge < -0.3 is 23.9 Å². The molecule has 0 atom stereocenters. The van der Waals surface area contributed by atoms with E-state index in [0.717, 1.165) is 36.8 Å². The standard InChI is InChI=1S/C21H23N3O5/c1-26-16-7-8-17-13(11-16)12-18(29-17)19(25)24-14-3-5-15(6-4-14)28-21-20(27-2)22-9-10-23-21/h7-12,14-15H,3-6H2,1-2H3,(H,24,25). The van der Waals surface area contributed by atoms with Crippen molar-refractivity contribution in [3.05, 3.63) is 42.4 Å². The second-order valence-electron chi connectivity index (χ2n) is 6.95. The third kappa shape index (κ3) is 4.26. The van der Waals surface area contributed by atoms with E-state index in [0.29, 0.717) is 23.1 Å². The summed E-state index contributed by atoms with van der Waals surface area (Å²) in [4.78, 5) is 20.9. The third-order valence-electron chi connectivity index (χ3n) is 5.06. The number of amides is 1. The summed E-state index contributed by atoms with van der Waals surface area (Å²) in [6, 6.07) is 7.27. The molecule has 152 valence electrons. The van der Waals surface area contributed by atoms with E-state index in [4.69, 9.17) is 18.6 Å². The Balaban J connectivity index is 1.33. The summed E-state index contributed by atoms with van der Waals surface area (Å²) in [6.45, 7) is 0. The third-order valence-corrected chi connectivity index (χ3v) is 5.06. The summed E-state index contributed by atoms with van der Waals surface area (Å²) in [5.41, 5.74) is 0.658. The quantitative estimate of drug-likeness (QED) is 0.681. The van der Waals surface area contributed by atoms with Crippen LogP contribution in [-0.2, 0) is 0 Å². The van der Waals surface area contributed by atoms with Crippen molar-refractivity contribution >= 4 is 16.9 Å². The highest BCUT2D eigenvalue weighted by atomic mass is 16.5. The molecule has 0 unspecified atom stereocenters. The van der Waals surface area contributed by atoms with Crippen LogP contribution < -0.4 is 19.5 Å². The number of carbonyl (C=O) groups is 1. The van der Waals surface area contributed by atoms with Gasteiger partial charge in [0.1, 0.15) is 17.4 Å². The number of carbonyl (C=O) groups excluding carboxylic acids is 1.